The van der Waals surface area contributed by atoms with Gasteiger partial charge in [-0.3, -0.25) is 23.2 Å². The van der Waals surface area contributed by atoms with Gasteiger partial charge in [0.1, 0.15) is 11.4 Å². The number of phenolic OH excluding ortho intramolecular Hbond substituents is 1. The van der Waals surface area contributed by atoms with Crippen LogP contribution in [0, 0.1) is 0 Å². The summed E-state index contributed by atoms with van der Waals surface area (Å²) in [6, 6.07) is 20.3. The van der Waals surface area contributed by atoms with E-state index in [1.165, 1.54) is 84.9 Å². The Balaban J connectivity index is 0.00000469. The first-order chi connectivity index (χ1) is 29.0. The van der Waals surface area contributed by atoms with Gasteiger partial charge in [-0.1, -0.05) is 6.07 Å². The minimum Gasteiger partial charge on any atom is -0.726 e. The Morgan fingerprint density at radius 3 is 1.92 bits per heavy atom. The van der Waals surface area contributed by atoms with E-state index in [0.717, 1.165) is 6.07 Å². The molecule has 324 valence electrons. The molecule has 0 aliphatic carbocycles. The zero-order valence-corrected chi connectivity index (χ0v) is 43.5. The van der Waals surface area contributed by atoms with Crippen LogP contribution in [-0.2, 0) is 57.2 Å². The third-order valence-electron chi connectivity index (χ3n) is 7.81. The Labute approximate surface area is 439 Å². The molecular formula is C33H27N6Na3O17S5. The summed E-state index contributed by atoms with van der Waals surface area (Å²) in [5, 5.41) is 58.0. The summed E-state index contributed by atoms with van der Waals surface area (Å²) in [5.41, 5.74) is 6.85. The number of carbonyl (C=O) groups is 1. The number of nitrogens with two attached hydrogens (primary N) is 1. The Morgan fingerprint density at radius 1 is 0.703 bits per heavy atom. The number of nitrogens with zero attached hydrogens (tertiary/aromatic N) is 4. The number of sulfone groups is 2. The Bertz CT molecular complexity index is 2780. The van der Waals surface area contributed by atoms with Gasteiger partial charge < -0.3 is 31.2 Å². The van der Waals surface area contributed by atoms with Crippen molar-refractivity contribution in [2.24, 2.45) is 20.5 Å². The van der Waals surface area contributed by atoms with Crippen molar-refractivity contribution in [1.82, 2.24) is 0 Å². The SMILES string of the molecule is Nc1ccc2c(O)c(N=Nc3ccc(C(=O)Nc4cccc(S(=O)(=O)CCOS(=O)(=O)[O-])c4)cc3)c(SOO[O-])cc2c1N=Nc1ccc(S(=O)(=O)CCOSOO[O-])cc1.[Na+].[Na+].[Na+]. The molecule has 0 saturated carbocycles. The van der Waals surface area contributed by atoms with Crippen molar-refractivity contribution in [3.05, 3.63) is 96.6 Å². The van der Waals surface area contributed by atoms with E-state index >= 15 is 0 Å². The second-order valence-corrected chi connectivity index (χ2v) is 18.2. The maximum atomic E-state index is 13.0. The van der Waals surface area contributed by atoms with Crippen LogP contribution < -0.4 is 110 Å². The molecule has 0 unspecified atom stereocenters. The monoisotopic (exact) mass is 1010 g/mol. The summed E-state index contributed by atoms with van der Waals surface area (Å²) in [5.74, 6) is -2.33. The summed E-state index contributed by atoms with van der Waals surface area (Å²) in [4.78, 5) is 12.7. The summed E-state index contributed by atoms with van der Waals surface area (Å²) in [6.07, 6.45) is 0. The van der Waals surface area contributed by atoms with Crippen molar-refractivity contribution >= 4 is 105 Å². The molecule has 5 aromatic rings. The molecule has 23 nitrogen and oxygen atoms in total. The molecule has 0 bridgehead atoms. The number of nitrogens with one attached hydrogen (secondary N) is 1. The van der Waals surface area contributed by atoms with Gasteiger partial charge >= 0.3 is 88.7 Å². The molecule has 0 aliphatic heterocycles. The van der Waals surface area contributed by atoms with Crippen LogP contribution in [0.2, 0.25) is 0 Å². The minimum absolute atomic E-state index is 0. The summed E-state index contributed by atoms with van der Waals surface area (Å²) < 4.78 is 99.3. The van der Waals surface area contributed by atoms with Gasteiger partial charge in [-0.05, 0) is 84.9 Å². The number of amides is 1. The molecule has 31 heteroatoms. The second kappa shape index (κ2) is 27.0. The average molecular weight is 1010 g/mol. The van der Waals surface area contributed by atoms with Gasteiger partial charge in [0.25, 0.3) is 5.91 Å². The number of benzene rings is 5. The number of hydrogen-bond donors (Lipinski definition) is 3. The summed E-state index contributed by atoms with van der Waals surface area (Å²) >= 11 is 0.558. The van der Waals surface area contributed by atoms with Gasteiger partial charge in [0, 0.05) is 22.0 Å². The topological polar surface area (TPSA) is 352 Å². The van der Waals surface area contributed by atoms with E-state index in [1.54, 1.807) is 0 Å². The van der Waals surface area contributed by atoms with E-state index in [4.69, 9.17) is 9.92 Å². The quantitative estimate of drug-likeness (QED) is 0.00715. The minimum atomic E-state index is -5.09. The molecule has 0 spiro atoms. The Kier molecular flexibility index (Phi) is 24.4. The van der Waals surface area contributed by atoms with E-state index in [-0.39, 0.29) is 173 Å². The zero-order valence-electron chi connectivity index (χ0n) is 33.4. The number of carbonyl (C=O) groups excluding carboxylic acids is 1. The van der Waals surface area contributed by atoms with E-state index < -0.39 is 59.8 Å². The fourth-order valence-electron chi connectivity index (χ4n) is 5.02. The molecule has 64 heavy (non-hydrogen) atoms. The number of phenols is 1. The molecule has 0 aromatic heterocycles. The molecule has 0 aliphatic rings. The first-order valence-electron chi connectivity index (χ1n) is 16.5. The summed E-state index contributed by atoms with van der Waals surface area (Å²) in [7, 11) is -13.0. The van der Waals surface area contributed by atoms with E-state index in [2.05, 4.69) is 48.7 Å². The van der Waals surface area contributed by atoms with Crippen molar-refractivity contribution in [1.29, 1.82) is 0 Å². The molecular weight excluding hydrogens is 982 g/mol. The van der Waals surface area contributed by atoms with Crippen LogP contribution >= 0.6 is 24.4 Å². The van der Waals surface area contributed by atoms with Gasteiger partial charge in [0.2, 0.25) is 10.4 Å². The summed E-state index contributed by atoms with van der Waals surface area (Å²) in [6.45, 7) is -1.20. The molecule has 1 amide bonds. The maximum absolute atomic E-state index is 13.0. The number of anilines is 2. The first-order valence-corrected chi connectivity index (χ1v) is 22.5. The zero-order chi connectivity index (χ0) is 44.2. The van der Waals surface area contributed by atoms with Gasteiger partial charge in [-0.2, -0.15) is 14.6 Å². The normalized spacial score (nSPS) is 11.9. The standard InChI is InChI=1S/C33H30N6O17S5.3Na/c34-28-13-12-26-27(30(28)38-36-22-8-10-24(11-9-22)59(44,45)16-14-51-58-56-54-43)19-29(57-55-53-42)31(32(26)40)39-37-21-6-4-20(5-7-21)33(41)35-23-2-1-3-25(18-23)60(46,47)17-15-52-61(48,49)50;;;/h1-13,18-19,40,42-43H,14-17,34H2,(H,35,41)(H,48,49,50);;;/q;3*+1/p-3. The smallest absolute Gasteiger partial charge is 0.726 e. The number of nitrogen functional groups attached to an aromatic ring is 1. The predicted molar refractivity (Wildman–Crippen MR) is 209 cm³/mol. The average Bonchev–Trinajstić information content (AvgIpc) is 3.22. The van der Waals surface area contributed by atoms with E-state index in [1.807, 2.05) is 0 Å². The fraction of sp³-hybridized carbons (Fsp3) is 0.121. The van der Waals surface area contributed by atoms with Crippen LogP contribution in [0.4, 0.5) is 34.1 Å². The van der Waals surface area contributed by atoms with Gasteiger partial charge in [0.05, 0.1) is 68.5 Å². The Hall–Kier alpha value is -2.18. The third-order valence-corrected chi connectivity index (χ3v) is 12.6. The predicted octanol–water partition coefficient (Wildman–Crippen LogP) is -4.72. The van der Waals surface area contributed by atoms with Crippen molar-refractivity contribution in [2.75, 3.05) is 35.8 Å². The molecule has 0 atom stereocenters. The van der Waals surface area contributed by atoms with Crippen molar-refractivity contribution in [3.63, 3.8) is 0 Å². The van der Waals surface area contributed by atoms with Crippen LogP contribution in [0.5, 0.6) is 5.75 Å². The molecule has 0 fully saturated rings. The van der Waals surface area contributed by atoms with Crippen molar-refractivity contribution in [2.45, 2.75) is 14.7 Å². The molecule has 4 N–H and O–H groups in total. The number of azo groups is 2. The first kappa shape index (κ1) is 57.9. The van der Waals surface area contributed by atoms with Crippen LogP contribution in [0.15, 0.2) is 126 Å². The molecule has 5 aromatic carbocycles. The van der Waals surface area contributed by atoms with E-state index in [9.17, 15) is 50.2 Å². The fourth-order valence-corrected chi connectivity index (χ4v) is 8.43. The molecule has 5 rings (SSSR count). The van der Waals surface area contributed by atoms with Crippen LogP contribution in [0.3, 0.4) is 0 Å². The Morgan fingerprint density at radius 2 is 1.30 bits per heavy atom. The van der Waals surface area contributed by atoms with Crippen LogP contribution in [0.1, 0.15) is 10.4 Å². The third kappa shape index (κ3) is 16.9. The van der Waals surface area contributed by atoms with Crippen molar-refractivity contribution in [3.8, 4) is 5.75 Å². The number of aromatic hydroxyl groups is 1. The largest absolute Gasteiger partial charge is 1.00 e. The van der Waals surface area contributed by atoms with Crippen LogP contribution in [-0.4, -0.2) is 65.5 Å². The molecule has 0 saturated heterocycles. The van der Waals surface area contributed by atoms with Gasteiger partial charge in [-0.25, -0.2) is 25.3 Å². The van der Waals surface area contributed by atoms with Crippen LogP contribution in [0.25, 0.3) is 10.8 Å². The number of fused-ring (bicyclic) bond motifs is 1. The van der Waals surface area contributed by atoms with E-state index in [0.29, 0.717) is 12.0 Å². The van der Waals surface area contributed by atoms with Gasteiger partial charge in [0.15, 0.2) is 37.7 Å². The number of rotatable bonds is 21. The molecule has 0 radical (unpaired) electrons. The van der Waals surface area contributed by atoms with Gasteiger partial charge in [-0.15, -0.1) is 14.6 Å². The number of hydrogen-bond acceptors (Lipinski definition) is 24. The molecule has 0 heterocycles. The second-order valence-electron chi connectivity index (χ2n) is 11.7. The maximum Gasteiger partial charge on any atom is 1.00 e. The van der Waals surface area contributed by atoms with Crippen molar-refractivity contribution < 1.29 is 166 Å².